The SMILES string of the molecule is Cc1ccc(CC(=O)[C@H](C)C2(C)CCC(C)(c3ccnc4ccc(F)cc34)CC2)cc1. The second-order valence-electron chi connectivity index (χ2n) is 10.1. The normalized spacial score (nSPS) is 24.8. The minimum absolute atomic E-state index is 0.00459. The van der Waals surface area contributed by atoms with Crippen molar-refractivity contribution >= 4 is 16.7 Å². The molecule has 0 unspecified atom stereocenters. The van der Waals surface area contributed by atoms with E-state index in [1.165, 1.54) is 17.2 Å². The molecule has 0 amide bonds. The van der Waals surface area contributed by atoms with Gasteiger partial charge in [-0.25, -0.2) is 4.39 Å². The van der Waals surface area contributed by atoms with E-state index in [2.05, 4.69) is 63.0 Å². The molecule has 1 fully saturated rings. The first-order valence-electron chi connectivity index (χ1n) is 11.3. The first-order valence-corrected chi connectivity index (χ1v) is 11.3. The number of aryl methyl sites for hydroxylation is 1. The molecule has 31 heavy (non-hydrogen) atoms. The summed E-state index contributed by atoms with van der Waals surface area (Å²) in [5.74, 6) is 0.123. The van der Waals surface area contributed by atoms with Gasteiger partial charge in [0.15, 0.2) is 0 Å². The highest BCUT2D eigenvalue weighted by Gasteiger charge is 2.43. The van der Waals surface area contributed by atoms with Crippen LogP contribution < -0.4 is 0 Å². The Morgan fingerprint density at radius 3 is 2.39 bits per heavy atom. The zero-order valence-corrected chi connectivity index (χ0v) is 19.0. The molecule has 2 nitrogen and oxygen atoms in total. The van der Waals surface area contributed by atoms with Crippen molar-refractivity contribution in [1.82, 2.24) is 4.98 Å². The lowest BCUT2D eigenvalue weighted by atomic mass is 9.58. The van der Waals surface area contributed by atoms with Gasteiger partial charge in [0.25, 0.3) is 0 Å². The summed E-state index contributed by atoms with van der Waals surface area (Å²) in [4.78, 5) is 17.5. The average molecular weight is 418 g/mol. The standard InChI is InChI=1S/C28H32FNO/c1-19-5-7-21(8-6-19)17-26(31)20(2)27(3)12-14-28(4,15-13-27)24-11-16-30-25-10-9-22(29)18-23(24)25/h5-11,16,18,20H,12-15,17H2,1-4H3/t20-,27?,28?/m0/s1. The molecule has 1 aliphatic carbocycles. The Balaban J connectivity index is 1.51. The third-order valence-corrected chi connectivity index (χ3v) is 7.88. The smallest absolute Gasteiger partial charge is 0.140 e. The van der Waals surface area contributed by atoms with Gasteiger partial charge in [0, 0.05) is 23.9 Å². The average Bonchev–Trinajstić information content (AvgIpc) is 2.76. The highest BCUT2D eigenvalue weighted by molar-refractivity contribution is 5.84. The molecule has 162 valence electrons. The summed E-state index contributed by atoms with van der Waals surface area (Å²) < 4.78 is 14.0. The lowest BCUT2D eigenvalue weighted by Gasteiger charge is -2.46. The van der Waals surface area contributed by atoms with Crippen LogP contribution in [0.5, 0.6) is 0 Å². The van der Waals surface area contributed by atoms with Gasteiger partial charge in [0.2, 0.25) is 0 Å². The molecule has 1 atom stereocenters. The van der Waals surface area contributed by atoms with Crippen LogP contribution in [0, 0.1) is 24.1 Å². The van der Waals surface area contributed by atoms with Gasteiger partial charge in [-0.05, 0) is 78.8 Å². The largest absolute Gasteiger partial charge is 0.299 e. The Morgan fingerprint density at radius 2 is 1.71 bits per heavy atom. The van der Waals surface area contributed by atoms with E-state index in [0.717, 1.165) is 42.1 Å². The molecule has 0 saturated heterocycles. The number of fused-ring (bicyclic) bond motifs is 1. The fraction of sp³-hybridized carbons (Fsp3) is 0.429. The molecule has 1 saturated carbocycles. The summed E-state index contributed by atoms with van der Waals surface area (Å²) in [7, 11) is 0. The van der Waals surface area contributed by atoms with Crippen LogP contribution in [0.3, 0.4) is 0 Å². The number of carbonyl (C=O) groups is 1. The molecule has 0 spiro atoms. The van der Waals surface area contributed by atoms with Crippen LogP contribution in [0.4, 0.5) is 4.39 Å². The lowest BCUT2D eigenvalue weighted by Crippen LogP contribution is -2.40. The molecule has 1 aliphatic rings. The number of ketones is 1. The summed E-state index contributed by atoms with van der Waals surface area (Å²) >= 11 is 0. The number of aromatic nitrogens is 1. The second kappa shape index (κ2) is 8.18. The van der Waals surface area contributed by atoms with Gasteiger partial charge in [-0.2, -0.15) is 0 Å². The van der Waals surface area contributed by atoms with E-state index in [1.807, 2.05) is 6.20 Å². The second-order valence-corrected chi connectivity index (χ2v) is 10.1. The van der Waals surface area contributed by atoms with E-state index in [1.54, 1.807) is 12.1 Å². The third kappa shape index (κ3) is 4.28. The van der Waals surface area contributed by atoms with Crippen molar-refractivity contribution in [2.75, 3.05) is 0 Å². The van der Waals surface area contributed by atoms with Gasteiger partial charge >= 0.3 is 0 Å². The van der Waals surface area contributed by atoms with Crippen molar-refractivity contribution in [3.05, 3.63) is 77.2 Å². The zero-order chi connectivity index (χ0) is 22.2. The molecule has 3 aromatic rings. The zero-order valence-electron chi connectivity index (χ0n) is 19.0. The van der Waals surface area contributed by atoms with Crippen molar-refractivity contribution in [3.8, 4) is 0 Å². The maximum atomic E-state index is 14.0. The van der Waals surface area contributed by atoms with Crippen molar-refractivity contribution in [3.63, 3.8) is 0 Å². The first kappa shape index (κ1) is 21.7. The van der Waals surface area contributed by atoms with Crippen LogP contribution in [0.25, 0.3) is 10.9 Å². The molecular formula is C28H32FNO. The van der Waals surface area contributed by atoms with Crippen molar-refractivity contribution in [1.29, 1.82) is 0 Å². The molecule has 0 bridgehead atoms. The summed E-state index contributed by atoms with van der Waals surface area (Å²) in [6.07, 6.45) is 6.29. The fourth-order valence-electron chi connectivity index (χ4n) is 5.17. The van der Waals surface area contributed by atoms with Crippen molar-refractivity contribution in [2.24, 2.45) is 11.3 Å². The summed E-state index contributed by atoms with van der Waals surface area (Å²) in [6, 6.07) is 15.2. The van der Waals surface area contributed by atoms with Crippen molar-refractivity contribution in [2.45, 2.75) is 65.2 Å². The van der Waals surface area contributed by atoms with Crippen LogP contribution in [0.2, 0.25) is 0 Å². The van der Waals surface area contributed by atoms with Gasteiger partial charge in [-0.3, -0.25) is 9.78 Å². The predicted octanol–water partition coefficient (Wildman–Crippen LogP) is 6.97. The number of nitrogens with zero attached hydrogens (tertiary/aromatic N) is 1. The monoisotopic (exact) mass is 417 g/mol. The van der Waals surface area contributed by atoms with Crippen molar-refractivity contribution < 1.29 is 9.18 Å². The van der Waals surface area contributed by atoms with E-state index < -0.39 is 0 Å². The Hall–Kier alpha value is -2.55. The van der Waals surface area contributed by atoms with E-state index in [0.29, 0.717) is 12.2 Å². The Bertz CT molecular complexity index is 1090. The Labute approximate surface area is 184 Å². The molecule has 0 radical (unpaired) electrons. The highest BCUT2D eigenvalue weighted by Crippen LogP contribution is 2.51. The maximum Gasteiger partial charge on any atom is 0.140 e. The van der Waals surface area contributed by atoms with E-state index in [9.17, 15) is 9.18 Å². The summed E-state index contributed by atoms with van der Waals surface area (Å²) in [5, 5.41) is 0.914. The quantitative estimate of drug-likeness (QED) is 0.449. The van der Waals surface area contributed by atoms with Gasteiger partial charge in [-0.1, -0.05) is 50.6 Å². The fourth-order valence-corrected chi connectivity index (χ4v) is 5.17. The number of hydrogen-bond acceptors (Lipinski definition) is 2. The van der Waals surface area contributed by atoms with Gasteiger partial charge < -0.3 is 0 Å². The van der Waals surface area contributed by atoms with Crippen LogP contribution >= 0.6 is 0 Å². The molecule has 1 aromatic heterocycles. The number of pyridine rings is 1. The number of carbonyl (C=O) groups excluding carboxylic acids is 1. The van der Waals surface area contributed by atoms with Gasteiger partial charge in [0.1, 0.15) is 11.6 Å². The maximum absolute atomic E-state index is 14.0. The molecule has 1 heterocycles. The number of hydrogen-bond donors (Lipinski definition) is 0. The van der Waals surface area contributed by atoms with Crippen LogP contribution in [0.15, 0.2) is 54.7 Å². The van der Waals surface area contributed by atoms with E-state index in [-0.39, 0.29) is 22.6 Å². The summed E-state index contributed by atoms with van der Waals surface area (Å²) in [6.45, 7) is 8.73. The first-order chi connectivity index (χ1) is 14.7. The molecule has 3 heteroatoms. The molecular weight excluding hydrogens is 385 g/mol. The summed E-state index contributed by atoms with van der Waals surface area (Å²) in [5.41, 5.74) is 4.29. The Kier molecular flexibility index (Phi) is 5.72. The van der Waals surface area contributed by atoms with Crippen LogP contribution in [-0.2, 0) is 16.6 Å². The lowest BCUT2D eigenvalue weighted by molar-refractivity contribution is -0.126. The highest BCUT2D eigenvalue weighted by atomic mass is 19.1. The minimum Gasteiger partial charge on any atom is -0.299 e. The molecule has 4 rings (SSSR count). The molecule has 0 N–H and O–H groups in total. The number of halogens is 1. The third-order valence-electron chi connectivity index (χ3n) is 7.88. The van der Waals surface area contributed by atoms with Crippen LogP contribution in [0.1, 0.15) is 63.1 Å². The molecule has 0 aliphatic heterocycles. The predicted molar refractivity (Wildman–Crippen MR) is 125 cm³/mol. The number of rotatable bonds is 5. The number of Topliss-reactive ketones (excluding diaryl/α,β-unsaturated/α-hetero) is 1. The van der Waals surface area contributed by atoms with E-state index >= 15 is 0 Å². The number of benzene rings is 2. The van der Waals surface area contributed by atoms with Gasteiger partial charge in [0.05, 0.1) is 5.52 Å². The Morgan fingerprint density at radius 1 is 1.03 bits per heavy atom. The minimum atomic E-state index is -0.221. The van der Waals surface area contributed by atoms with Gasteiger partial charge in [-0.15, -0.1) is 0 Å². The molecule has 2 aromatic carbocycles. The topological polar surface area (TPSA) is 30.0 Å². The van der Waals surface area contributed by atoms with E-state index in [4.69, 9.17) is 0 Å². The van der Waals surface area contributed by atoms with Crippen LogP contribution in [-0.4, -0.2) is 10.8 Å².